The molecule has 0 aliphatic heterocycles. The predicted molar refractivity (Wildman–Crippen MR) is 82.4 cm³/mol. The monoisotopic (exact) mass is 309 g/mol. The van der Waals surface area contributed by atoms with Gasteiger partial charge in [-0.15, -0.1) is 11.3 Å². The number of nitrogens with zero attached hydrogens (tertiary/aromatic N) is 1. The quantitative estimate of drug-likeness (QED) is 0.854. The Kier molecular flexibility index (Phi) is 5.11. The molecule has 6 nitrogen and oxygen atoms in total. The molecule has 0 fully saturated rings. The van der Waals surface area contributed by atoms with Crippen LogP contribution in [0.1, 0.15) is 17.9 Å². The number of furan rings is 1. The molecule has 2 rings (SSSR count). The molecule has 2 aromatic rings. The summed E-state index contributed by atoms with van der Waals surface area (Å²) in [5, 5.41) is 5.21. The number of anilines is 1. The van der Waals surface area contributed by atoms with Gasteiger partial charge in [-0.3, -0.25) is 4.79 Å². The third-order valence-corrected chi connectivity index (χ3v) is 3.83. The molecule has 2 aromatic heterocycles. The summed E-state index contributed by atoms with van der Waals surface area (Å²) in [7, 11) is 1.54. The van der Waals surface area contributed by atoms with Crippen LogP contribution in [0.4, 0.5) is 5.13 Å². The van der Waals surface area contributed by atoms with E-state index in [4.69, 9.17) is 14.9 Å². The summed E-state index contributed by atoms with van der Waals surface area (Å²) < 4.78 is 10.6. The molecular formula is C14H19N3O3S. The zero-order valence-corrected chi connectivity index (χ0v) is 13.1. The minimum absolute atomic E-state index is 0.159. The number of rotatable bonds is 6. The first kappa shape index (κ1) is 15.7. The highest BCUT2D eigenvalue weighted by molar-refractivity contribution is 7.14. The first-order chi connectivity index (χ1) is 10.0. The molecule has 0 spiro atoms. The molecule has 0 saturated carbocycles. The third kappa shape index (κ3) is 3.90. The van der Waals surface area contributed by atoms with E-state index in [2.05, 4.69) is 10.3 Å². The second kappa shape index (κ2) is 6.84. The van der Waals surface area contributed by atoms with Crippen molar-refractivity contribution < 1.29 is 13.9 Å². The maximum Gasteiger partial charge on any atom is 0.228 e. The lowest BCUT2D eigenvalue weighted by molar-refractivity contribution is -0.118. The Morgan fingerprint density at radius 3 is 2.90 bits per heavy atom. The van der Waals surface area contributed by atoms with E-state index in [1.54, 1.807) is 0 Å². The minimum atomic E-state index is -0.275. The summed E-state index contributed by atoms with van der Waals surface area (Å²) in [5.41, 5.74) is 7.24. The Hall–Kier alpha value is -1.70. The molecule has 1 unspecified atom stereocenters. The average molecular weight is 309 g/mol. The zero-order chi connectivity index (χ0) is 15.4. The van der Waals surface area contributed by atoms with Crippen molar-refractivity contribution in [1.82, 2.24) is 4.98 Å². The fourth-order valence-corrected chi connectivity index (χ4v) is 2.71. The predicted octanol–water partition coefficient (Wildman–Crippen LogP) is 2.32. The lowest BCUT2D eigenvalue weighted by Crippen LogP contribution is -2.28. The molecule has 21 heavy (non-hydrogen) atoms. The Bertz CT molecular complexity index is 617. The van der Waals surface area contributed by atoms with Gasteiger partial charge < -0.3 is 20.2 Å². The number of methoxy groups -OCH3 is 1. The average Bonchev–Trinajstić information content (AvgIpc) is 3.02. The highest BCUT2D eigenvalue weighted by Crippen LogP contribution is 2.29. The van der Waals surface area contributed by atoms with Crippen LogP contribution in [0.15, 0.2) is 15.9 Å². The number of carbonyl (C=O) groups excluding carboxylic acids is 1. The van der Waals surface area contributed by atoms with Crippen LogP contribution in [0.5, 0.6) is 0 Å². The van der Waals surface area contributed by atoms with Crippen molar-refractivity contribution in [2.24, 2.45) is 5.73 Å². The van der Waals surface area contributed by atoms with E-state index in [9.17, 15) is 4.79 Å². The summed E-state index contributed by atoms with van der Waals surface area (Å²) in [6.07, 6.45) is -0.0608. The van der Waals surface area contributed by atoms with E-state index in [1.165, 1.54) is 18.4 Å². The van der Waals surface area contributed by atoms with Crippen molar-refractivity contribution in [2.45, 2.75) is 26.4 Å². The molecule has 7 heteroatoms. The van der Waals surface area contributed by atoms with E-state index < -0.39 is 0 Å². The second-order valence-electron chi connectivity index (χ2n) is 4.71. The fourth-order valence-electron chi connectivity index (χ4n) is 1.98. The maximum atomic E-state index is 11.9. The summed E-state index contributed by atoms with van der Waals surface area (Å²) in [6, 6.07) is 1.94. The van der Waals surface area contributed by atoms with E-state index in [1.807, 2.05) is 25.3 Å². The van der Waals surface area contributed by atoms with Gasteiger partial charge in [-0.25, -0.2) is 4.98 Å². The number of hydrogen-bond acceptors (Lipinski definition) is 6. The Morgan fingerprint density at radius 2 is 2.33 bits per heavy atom. The molecule has 1 amide bonds. The number of thiazole rings is 1. The van der Waals surface area contributed by atoms with Crippen LogP contribution in [0.25, 0.3) is 11.3 Å². The number of nitrogens with one attached hydrogen (secondary N) is 1. The van der Waals surface area contributed by atoms with Crippen molar-refractivity contribution in [3.05, 3.63) is 23.0 Å². The van der Waals surface area contributed by atoms with Crippen LogP contribution in [-0.2, 0) is 9.53 Å². The van der Waals surface area contributed by atoms with Crippen molar-refractivity contribution in [2.75, 3.05) is 19.0 Å². The molecule has 0 radical (unpaired) electrons. The van der Waals surface area contributed by atoms with Crippen LogP contribution < -0.4 is 11.1 Å². The molecule has 2 heterocycles. The van der Waals surface area contributed by atoms with Crippen LogP contribution in [0, 0.1) is 13.8 Å². The molecule has 1 atom stereocenters. The molecule has 0 bridgehead atoms. The van der Waals surface area contributed by atoms with Crippen LogP contribution in [-0.4, -0.2) is 30.6 Å². The highest BCUT2D eigenvalue weighted by atomic mass is 32.1. The van der Waals surface area contributed by atoms with E-state index in [0.29, 0.717) is 11.7 Å². The number of amides is 1. The number of carbonyl (C=O) groups is 1. The molecule has 0 aliphatic carbocycles. The summed E-state index contributed by atoms with van der Waals surface area (Å²) >= 11 is 1.38. The van der Waals surface area contributed by atoms with Crippen molar-refractivity contribution in [3.8, 4) is 11.3 Å². The summed E-state index contributed by atoms with van der Waals surface area (Å²) in [6.45, 7) is 4.09. The molecule has 114 valence electrons. The Balaban J connectivity index is 2.03. The van der Waals surface area contributed by atoms with Crippen LogP contribution in [0.2, 0.25) is 0 Å². The van der Waals surface area contributed by atoms with Gasteiger partial charge in [0.2, 0.25) is 5.91 Å². The fraction of sp³-hybridized carbons (Fsp3) is 0.429. The second-order valence-corrected chi connectivity index (χ2v) is 5.57. The van der Waals surface area contributed by atoms with Crippen molar-refractivity contribution >= 4 is 22.4 Å². The summed E-state index contributed by atoms with van der Waals surface area (Å²) in [4.78, 5) is 16.3. The Morgan fingerprint density at radius 1 is 1.57 bits per heavy atom. The van der Waals surface area contributed by atoms with Crippen LogP contribution >= 0.6 is 11.3 Å². The number of nitrogens with two attached hydrogens (primary N) is 1. The molecule has 0 aliphatic rings. The maximum absolute atomic E-state index is 11.9. The van der Waals surface area contributed by atoms with Gasteiger partial charge in [-0.2, -0.15) is 0 Å². The van der Waals surface area contributed by atoms with Gasteiger partial charge in [0.1, 0.15) is 11.5 Å². The van der Waals surface area contributed by atoms with Gasteiger partial charge in [-0.05, 0) is 19.9 Å². The smallest absolute Gasteiger partial charge is 0.228 e. The van der Waals surface area contributed by atoms with Gasteiger partial charge in [0.25, 0.3) is 0 Å². The third-order valence-electron chi connectivity index (χ3n) is 3.08. The van der Waals surface area contributed by atoms with Crippen molar-refractivity contribution in [3.63, 3.8) is 0 Å². The molecule has 0 saturated heterocycles. The van der Waals surface area contributed by atoms with Crippen LogP contribution in [0.3, 0.4) is 0 Å². The lowest BCUT2D eigenvalue weighted by atomic mass is 10.2. The van der Waals surface area contributed by atoms with Gasteiger partial charge in [-0.1, -0.05) is 0 Å². The lowest BCUT2D eigenvalue weighted by Gasteiger charge is -2.11. The first-order valence-electron chi connectivity index (χ1n) is 6.59. The SMILES string of the molecule is COC(CN)CC(=O)Nc1nc(-c2cc(C)oc2C)cs1. The standard InChI is InChI=1S/C14H19N3O3S/c1-8-4-11(9(2)20-8)12-7-21-14(16-12)17-13(18)5-10(6-15)19-3/h4,7,10H,5-6,15H2,1-3H3,(H,16,17,18). The Labute approximate surface area is 127 Å². The number of hydrogen-bond donors (Lipinski definition) is 2. The minimum Gasteiger partial charge on any atom is -0.466 e. The molecule has 0 aromatic carbocycles. The van der Waals surface area contributed by atoms with Gasteiger partial charge in [0, 0.05) is 24.6 Å². The number of aromatic nitrogens is 1. The summed E-state index contributed by atoms with van der Waals surface area (Å²) in [5.74, 6) is 1.50. The first-order valence-corrected chi connectivity index (χ1v) is 7.47. The highest BCUT2D eigenvalue weighted by Gasteiger charge is 2.15. The van der Waals surface area contributed by atoms with E-state index >= 15 is 0 Å². The molecular weight excluding hydrogens is 290 g/mol. The normalized spacial score (nSPS) is 12.4. The van der Waals surface area contributed by atoms with E-state index in [0.717, 1.165) is 22.8 Å². The van der Waals surface area contributed by atoms with Gasteiger partial charge in [0.15, 0.2) is 5.13 Å². The number of ether oxygens (including phenoxy) is 1. The van der Waals surface area contributed by atoms with Crippen molar-refractivity contribution in [1.29, 1.82) is 0 Å². The zero-order valence-electron chi connectivity index (χ0n) is 12.3. The molecule has 3 N–H and O–H groups in total. The largest absolute Gasteiger partial charge is 0.466 e. The number of aryl methyl sites for hydroxylation is 2. The van der Waals surface area contributed by atoms with E-state index in [-0.39, 0.29) is 18.4 Å². The van der Waals surface area contributed by atoms with Gasteiger partial charge in [0.05, 0.1) is 18.2 Å². The van der Waals surface area contributed by atoms with Gasteiger partial charge >= 0.3 is 0 Å². The topological polar surface area (TPSA) is 90.4 Å².